The fraction of sp³-hybridized carbons (Fsp3) is 0.107. The van der Waals surface area contributed by atoms with Crippen molar-refractivity contribution >= 4 is 56.5 Å². The molecule has 0 aromatic heterocycles. The molecule has 0 aliphatic carbocycles. The van der Waals surface area contributed by atoms with Crippen molar-refractivity contribution in [2.75, 3.05) is 13.7 Å². The topological polar surface area (TPSA) is 88.4 Å². The van der Waals surface area contributed by atoms with Gasteiger partial charge in [0.15, 0.2) is 5.17 Å². The molecule has 188 valence electrons. The van der Waals surface area contributed by atoms with Crippen LogP contribution in [0.3, 0.4) is 0 Å². The van der Waals surface area contributed by atoms with Crippen molar-refractivity contribution < 1.29 is 24.2 Å². The van der Waals surface area contributed by atoms with E-state index in [0.29, 0.717) is 33.9 Å². The van der Waals surface area contributed by atoms with E-state index in [1.54, 1.807) is 42.4 Å². The lowest BCUT2D eigenvalue weighted by Crippen LogP contribution is -2.28. The minimum absolute atomic E-state index is 0.185. The number of thioether (sulfide) groups is 1. The summed E-state index contributed by atoms with van der Waals surface area (Å²) in [6, 6.07) is 19.3. The van der Waals surface area contributed by atoms with Gasteiger partial charge in [-0.1, -0.05) is 30.9 Å². The number of benzene rings is 3. The molecule has 1 heterocycles. The second kappa shape index (κ2) is 11.9. The molecule has 4 rings (SSSR count). The number of aromatic carboxylic acids is 1. The van der Waals surface area contributed by atoms with E-state index in [0.717, 1.165) is 15.6 Å². The number of carbonyl (C=O) groups excluding carboxylic acids is 1. The van der Waals surface area contributed by atoms with Crippen LogP contribution in [0.25, 0.3) is 6.08 Å². The molecule has 9 heteroatoms. The zero-order chi connectivity index (χ0) is 26.4. The summed E-state index contributed by atoms with van der Waals surface area (Å²) in [5.74, 6) is 0.197. The number of methoxy groups -OCH3 is 1. The van der Waals surface area contributed by atoms with E-state index in [-0.39, 0.29) is 18.0 Å². The molecule has 1 amide bonds. The van der Waals surface area contributed by atoms with Gasteiger partial charge in [-0.3, -0.25) is 9.69 Å². The first kappa shape index (κ1) is 26.2. The fourth-order valence-corrected chi connectivity index (χ4v) is 4.97. The lowest BCUT2D eigenvalue weighted by Gasteiger charge is -2.16. The van der Waals surface area contributed by atoms with Gasteiger partial charge >= 0.3 is 5.97 Å². The standard InChI is InChI=1S/C28H23BrN2O5S/c1-3-14-36-24-13-6-19(15-23(24)29)16-25-26(32)31(17-18-4-7-20(8-5-18)27(33)34)28(37-25)30-21-9-11-22(35-2)12-10-21/h3-13,15-16H,1,14,17H2,2H3,(H,33,34)/b25-16-,30-28?. The molecular weight excluding hydrogens is 556 g/mol. The number of amidine groups is 1. The van der Waals surface area contributed by atoms with E-state index in [1.807, 2.05) is 36.4 Å². The van der Waals surface area contributed by atoms with Crippen molar-refractivity contribution in [1.29, 1.82) is 0 Å². The molecule has 0 spiro atoms. The van der Waals surface area contributed by atoms with E-state index in [2.05, 4.69) is 22.5 Å². The molecule has 1 N–H and O–H groups in total. The molecule has 1 fully saturated rings. The Morgan fingerprint density at radius 2 is 1.86 bits per heavy atom. The Labute approximate surface area is 227 Å². The number of aliphatic imine (C=N–C) groups is 1. The lowest BCUT2D eigenvalue weighted by atomic mass is 10.1. The first-order chi connectivity index (χ1) is 17.9. The van der Waals surface area contributed by atoms with Gasteiger partial charge in [-0.15, -0.1) is 0 Å². The van der Waals surface area contributed by atoms with Crippen LogP contribution in [0.5, 0.6) is 11.5 Å². The van der Waals surface area contributed by atoms with Crippen molar-refractivity contribution in [2.45, 2.75) is 6.54 Å². The highest BCUT2D eigenvalue weighted by Crippen LogP contribution is 2.36. The van der Waals surface area contributed by atoms with E-state index in [1.165, 1.54) is 23.9 Å². The molecule has 7 nitrogen and oxygen atoms in total. The average Bonchev–Trinajstić information content (AvgIpc) is 3.17. The Kier molecular flexibility index (Phi) is 8.47. The number of ether oxygens (including phenoxy) is 2. The van der Waals surface area contributed by atoms with Crippen LogP contribution in [0.1, 0.15) is 21.5 Å². The van der Waals surface area contributed by atoms with E-state index < -0.39 is 5.97 Å². The summed E-state index contributed by atoms with van der Waals surface area (Å²) in [5.41, 5.74) is 2.47. The number of rotatable bonds is 9. The van der Waals surface area contributed by atoms with Crippen LogP contribution >= 0.6 is 27.7 Å². The Morgan fingerprint density at radius 3 is 2.49 bits per heavy atom. The van der Waals surface area contributed by atoms with Gasteiger partial charge in [0.25, 0.3) is 5.91 Å². The first-order valence-electron chi connectivity index (χ1n) is 11.2. The van der Waals surface area contributed by atoms with Gasteiger partial charge < -0.3 is 14.6 Å². The fourth-order valence-electron chi connectivity index (χ4n) is 3.46. The number of hydrogen-bond acceptors (Lipinski definition) is 6. The second-order valence-corrected chi connectivity index (χ2v) is 9.75. The van der Waals surface area contributed by atoms with Crippen LogP contribution in [0.15, 0.2) is 93.8 Å². The first-order valence-corrected chi connectivity index (χ1v) is 12.8. The van der Waals surface area contributed by atoms with Crippen LogP contribution < -0.4 is 9.47 Å². The molecule has 0 radical (unpaired) electrons. The summed E-state index contributed by atoms with van der Waals surface area (Å²) in [6.45, 7) is 4.29. The molecule has 3 aromatic carbocycles. The molecule has 37 heavy (non-hydrogen) atoms. The maximum Gasteiger partial charge on any atom is 0.335 e. The van der Waals surface area contributed by atoms with Gasteiger partial charge in [-0.2, -0.15) is 0 Å². The van der Waals surface area contributed by atoms with Crippen molar-refractivity contribution in [3.63, 3.8) is 0 Å². The van der Waals surface area contributed by atoms with Crippen molar-refractivity contribution in [1.82, 2.24) is 4.90 Å². The monoisotopic (exact) mass is 578 g/mol. The largest absolute Gasteiger partial charge is 0.497 e. The van der Waals surface area contributed by atoms with Crippen LogP contribution in [0.4, 0.5) is 5.69 Å². The molecule has 3 aromatic rings. The van der Waals surface area contributed by atoms with Crippen molar-refractivity contribution in [3.05, 3.63) is 105 Å². The lowest BCUT2D eigenvalue weighted by molar-refractivity contribution is -0.122. The third-order valence-corrected chi connectivity index (χ3v) is 6.96. The number of carboxylic acid groups (broad SMARTS) is 1. The summed E-state index contributed by atoms with van der Waals surface area (Å²) < 4.78 is 11.6. The smallest absolute Gasteiger partial charge is 0.335 e. The van der Waals surface area contributed by atoms with Crippen LogP contribution in [0.2, 0.25) is 0 Å². The summed E-state index contributed by atoms with van der Waals surface area (Å²) in [4.78, 5) is 31.5. The predicted octanol–water partition coefficient (Wildman–Crippen LogP) is 6.52. The molecular formula is C28H23BrN2O5S. The highest BCUT2D eigenvalue weighted by atomic mass is 79.9. The minimum Gasteiger partial charge on any atom is -0.497 e. The minimum atomic E-state index is -1.00. The van der Waals surface area contributed by atoms with Gasteiger partial charge in [0.2, 0.25) is 0 Å². The quantitative estimate of drug-likeness (QED) is 0.229. The van der Waals surface area contributed by atoms with Crippen LogP contribution in [-0.2, 0) is 11.3 Å². The van der Waals surface area contributed by atoms with Crippen molar-refractivity contribution in [2.24, 2.45) is 4.99 Å². The van der Waals surface area contributed by atoms with Gasteiger partial charge in [0.1, 0.15) is 18.1 Å². The van der Waals surface area contributed by atoms with Crippen molar-refractivity contribution in [3.8, 4) is 11.5 Å². The third kappa shape index (κ3) is 6.49. The number of carbonyl (C=O) groups is 2. The molecule has 0 bridgehead atoms. The highest BCUT2D eigenvalue weighted by molar-refractivity contribution is 9.10. The third-order valence-electron chi connectivity index (χ3n) is 5.34. The maximum absolute atomic E-state index is 13.5. The Balaban J connectivity index is 1.65. The van der Waals surface area contributed by atoms with E-state index in [4.69, 9.17) is 14.5 Å². The number of halogens is 1. The summed E-state index contributed by atoms with van der Waals surface area (Å²) in [7, 11) is 1.59. The Bertz CT molecular complexity index is 1380. The maximum atomic E-state index is 13.5. The summed E-state index contributed by atoms with van der Waals surface area (Å²) in [6.07, 6.45) is 3.48. The Hall–Kier alpha value is -3.82. The van der Waals surface area contributed by atoms with Crippen LogP contribution in [-0.4, -0.2) is 40.8 Å². The van der Waals surface area contributed by atoms with Gasteiger partial charge in [0, 0.05) is 0 Å². The molecule has 0 atom stereocenters. The molecule has 1 aliphatic rings. The Morgan fingerprint density at radius 1 is 1.14 bits per heavy atom. The average molecular weight is 579 g/mol. The van der Waals surface area contributed by atoms with Gasteiger partial charge in [-0.25, -0.2) is 9.79 Å². The summed E-state index contributed by atoms with van der Waals surface area (Å²) >= 11 is 4.80. The normalized spacial score (nSPS) is 15.3. The number of hydrogen-bond donors (Lipinski definition) is 1. The highest BCUT2D eigenvalue weighted by Gasteiger charge is 2.33. The van der Waals surface area contributed by atoms with Crippen LogP contribution in [0, 0.1) is 0 Å². The molecule has 0 unspecified atom stereocenters. The second-order valence-electron chi connectivity index (χ2n) is 7.89. The van der Waals surface area contributed by atoms with E-state index >= 15 is 0 Å². The zero-order valence-corrected chi connectivity index (χ0v) is 22.3. The number of nitrogens with zero attached hydrogens (tertiary/aromatic N) is 2. The van der Waals surface area contributed by atoms with Gasteiger partial charge in [0.05, 0.1) is 34.3 Å². The number of carboxylic acids is 1. The number of amides is 1. The summed E-state index contributed by atoms with van der Waals surface area (Å²) in [5, 5.41) is 9.70. The molecule has 1 saturated heterocycles. The predicted molar refractivity (Wildman–Crippen MR) is 149 cm³/mol. The molecule has 0 saturated carbocycles. The van der Waals surface area contributed by atoms with Gasteiger partial charge in [-0.05, 0) is 93.4 Å². The zero-order valence-electron chi connectivity index (χ0n) is 19.9. The van der Waals surface area contributed by atoms with E-state index in [9.17, 15) is 14.7 Å². The molecule has 1 aliphatic heterocycles. The SMILES string of the molecule is C=CCOc1ccc(/C=C2\SC(=Nc3ccc(OC)cc3)N(Cc3ccc(C(=O)O)cc3)C2=O)cc1Br.